The summed E-state index contributed by atoms with van der Waals surface area (Å²) in [7, 11) is 0. The van der Waals surface area contributed by atoms with Gasteiger partial charge in [0, 0.05) is 6.04 Å². The van der Waals surface area contributed by atoms with Crippen molar-refractivity contribution in [3.05, 3.63) is 29.0 Å². The summed E-state index contributed by atoms with van der Waals surface area (Å²) in [4.78, 5) is 27.8. The van der Waals surface area contributed by atoms with E-state index in [1.165, 1.54) is 18.2 Å². The summed E-state index contributed by atoms with van der Waals surface area (Å²) in [6, 6.07) is 3.48. The van der Waals surface area contributed by atoms with E-state index in [-0.39, 0.29) is 35.0 Å². The lowest BCUT2D eigenvalue weighted by Gasteiger charge is -2.25. The van der Waals surface area contributed by atoms with Crippen LogP contribution in [-0.2, 0) is 4.79 Å². The van der Waals surface area contributed by atoms with Crippen LogP contribution >= 0.6 is 11.6 Å². The maximum atomic E-state index is 13.2. The largest absolute Gasteiger partial charge is 0.332 e. The topological polar surface area (TPSA) is 40.6 Å². The molecule has 104 valence electrons. The van der Waals surface area contributed by atoms with E-state index in [1.54, 1.807) is 4.90 Å². The third kappa shape index (κ3) is 1.41. The van der Waals surface area contributed by atoms with Gasteiger partial charge in [-0.3, -0.25) is 4.79 Å². The van der Waals surface area contributed by atoms with Crippen LogP contribution in [0.2, 0.25) is 5.02 Å². The van der Waals surface area contributed by atoms with E-state index in [0.717, 1.165) is 24.2 Å². The lowest BCUT2D eigenvalue weighted by atomic mass is 9.99. The molecule has 1 aromatic rings. The summed E-state index contributed by atoms with van der Waals surface area (Å²) in [6.07, 6.45) is 2.90. The van der Waals surface area contributed by atoms with Gasteiger partial charge in [-0.1, -0.05) is 11.6 Å². The van der Waals surface area contributed by atoms with Crippen LogP contribution in [0.25, 0.3) is 0 Å². The van der Waals surface area contributed by atoms with Crippen molar-refractivity contribution in [3.63, 3.8) is 0 Å². The fraction of sp³-hybridized carbons (Fsp3) is 0.429. The normalized spacial score (nSPS) is 31.4. The maximum absolute atomic E-state index is 13.2. The number of anilines is 1. The van der Waals surface area contributed by atoms with Gasteiger partial charge in [0.15, 0.2) is 0 Å². The molecule has 3 fully saturated rings. The molecule has 6 heteroatoms. The van der Waals surface area contributed by atoms with Crippen LogP contribution in [-0.4, -0.2) is 28.9 Å². The smallest absolute Gasteiger partial charge is 0.309 e. The first kappa shape index (κ1) is 12.1. The molecule has 2 saturated heterocycles. The Kier molecular flexibility index (Phi) is 2.40. The number of hydrogen-bond acceptors (Lipinski definition) is 2. The molecule has 4 rings (SSSR count). The molecule has 0 aromatic heterocycles. The number of imide groups is 1. The Bertz CT molecular complexity index is 608. The maximum Gasteiger partial charge on any atom is 0.332 e. The first-order chi connectivity index (χ1) is 9.58. The minimum absolute atomic E-state index is 0.0851. The number of urea groups is 1. The van der Waals surface area contributed by atoms with Crippen LogP contribution in [0.15, 0.2) is 18.2 Å². The number of piperidine rings is 1. The predicted molar refractivity (Wildman–Crippen MR) is 71.0 cm³/mol. The molecule has 0 spiro atoms. The standard InChI is InChI=1S/C14H12ClFN2O2/c15-10-6-9(3-4-11(10)16)18-13(19)12-7-1-2-8(5-7)17(12)14(18)20/h3-4,6-8,12H,1-2,5H2/t7-,8+,12+/m0/s1. The quantitative estimate of drug-likeness (QED) is 0.747. The van der Waals surface area contributed by atoms with Crippen molar-refractivity contribution in [1.29, 1.82) is 0 Å². The summed E-state index contributed by atoms with van der Waals surface area (Å²) in [5.74, 6) is -0.489. The van der Waals surface area contributed by atoms with Crippen LogP contribution in [0.3, 0.4) is 0 Å². The van der Waals surface area contributed by atoms with E-state index in [1.807, 2.05) is 0 Å². The average Bonchev–Trinajstić information content (AvgIpc) is 3.08. The molecule has 2 heterocycles. The van der Waals surface area contributed by atoms with Gasteiger partial charge in [0.1, 0.15) is 11.9 Å². The zero-order chi connectivity index (χ0) is 14.0. The Balaban J connectivity index is 1.74. The Morgan fingerprint density at radius 2 is 2.05 bits per heavy atom. The van der Waals surface area contributed by atoms with Gasteiger partial charge in [0.25, 0.3) is 5.91 Å². The van der Waals surface area contributed by atoms with E-state index in [9.17, 15) is 14.0 Å². The SMILES string of the molecule is O=C1[C@H]2[C@H]3CC[C@H](C3)N2C(=O)N1c1ccc(F)c(Cl)c1. The number of hydrogen-bond donors (Lipinski definition) is 0. The van der Waals surface area contributed by atoms with Crippen molar-refractivity contribution in [3.8, 4) is 0 Å². The Morgan fingerprint density at radius 3 is 2.75 bits per heavy atom. The summed E-state index contributed by atoms with van der Waals surface area (Å²) >= 11 is 5.74. The molecule has 4 nitrogen and oxygen atoms in total. The fourth-order valence-electron chi connectivity index (χ4n) is 3.78. The highest BCUT2D eigenvalue weighted by Crippen LogP contribution is 2.47. The molecule has 2 aliphatic heterocycles. The van der Waals surface area contributed by atoms with Gasteiger partial charge in [-0.15, -0.1) is 0 Å². The summed E-state index contributed by atoms with van der Waals surface area (Å²) in [5.41, 5.74) is 0.347. The summed E-state index contributed by atoms with van der Waals surface area (Å²) in [5, 5.41) is -0.0851. The Hall–Kier alpha value is -1.62. The second-order valence-corrected chi connectivity index (χ2v) is 6.04. The van der Waals surface area contributed by atoms with Crippen molar-refractivity contribution in [2.24, 2.45) is 5.92 Å². The van der Waals surface area contributed by atoms with Gasteiger partial charge in [0.05, 0.1) is 10.7 Å². The van der Waals surface area contributed by atoms with Gasteiger partial charge in [-0.05, 0) is 43.4 Å². The van der Waals surface area contributed by atoms with Gasteiger partial charge in [0.2, 0.25) is 0 Å². The number of rotatable bonds is 1. The van der Waals surface area contributed by atoms with Crippen molar-refractivity contribution < 1.29 is 14.0 Å². The number of halogens is 2. The van der Waals surface area contributed by atoms with Crippen molar-refractivity contribution in [2.45, 2.75) is 31.3 Å². The number of amides is 3. The number of nitrogens with zero attached hydrogens (tertiary/aromatic N) is 2. The van der Waals surface area contributed by atoms with Crippen LogP contribution in [0.1, 0.15) is 19.3 Å². The average molecular weight is 295 g/mol. The van der Waals surface area contributed by atoms with Gasteiger partial charge >= 0.3 is 6.03 Å². The fourth-order valence-corrected chi connectivity index (χ4v) is 3.96. The minimum Gasteiger partial charge on any atom is -0.309 e. The van der Waals surface area contributed by atoms with Crippen LogP contribution < -0.4 is 4.90 Å². The lowest BCUT2D eigenvalue weighted by molar-refractivity contribution is -0.120. The van der Waals surface area contributed by atoms with Gasteiger partial charge < -0.3 is 4.90 Å². The Morgan fingerprint density at radius 1 is 1.25 bits per heavy atom. The summed E-state index contributed by atoms with van der Waals surface area (Å²) < 4.78 is 13.2. The molecule has 0 radical (unpaired) electrons. The molecule has 3 atom stereocenters. The molecule has 3 amide bonds. The third-order valence-corrected chi connectivity index (χ3v) is 4.92. The predicted octanol–water partition coefficient (Wildman–Crippen LogP) is 2.80. The zero-order valence-electron chi connectivity index (χ0n) is 10.6. The lowest BCUT2D eigenvalue weighted by Crippen LogP contribution is -2.40. The highest BCUT2D eigenvalue weighted by Gasteiger charge is 2.59. The molecule has 1 saturated carbocycles. The molecular weight excluding hydrogens is 283 g/mol. The molecule has 3 aliphatic rings. The number of fused-ring (bicyclic) bond motifs is 5. The van der Waals surface area contributed by atoms with E-state index in [4.69, 9.17) is 11.6 Å². The van der Waals surface area contributed by atoms with Crippen molar-refractivity contribution in [1.82, 2.24) is 4.90 Å². The third-order valence-electron chi connectivity index (χ3n) is 4.63. The first-order valence-electron chi connectivity index (χ1n) is 6.69. The second kappa shape index (κ2) is 3.95. The highest BCUT2D eigenvalue weighted by molar-refractivity contribution is 6.31. The van der Waals surface area contributed by atoms with Crippen LogP contribution in [0.4, 0.5) is 14.9 Å². The molecule has 1 aromatic carbocycles. The molecular formula is C14H12ClFN2O2. The van der Waals surface area contributed by atoms with E-state index in [2.05, 4.69) is 0 Å². The molecule has 1 aliphatic carbocycles. The number of carbonyl (C=O) groups is 2. The summed E-state index contributed by atoms with van der Waals surface area (Å²) in [6.45, 7) is 0. The minimum atomic E-state index is -0.560. The van der Waals surface area contributed by atoms with Crippen LogP contribution in [0, 0.1) is 11.7 Å². The highest BCUT2D eigenvalue weighted by atomic mass is 35.5. The van der Waals surface area contributed by atoms with Gasteiger partial charge in [-0.25, -0.2) is 14.1 Å². The number of carbonyl (C=O) groups excluding carboxylic acids is 2. The monoisotopic (exact) mass is 294 g/mol. The Labute approximate surface area is 120 Å². The molecule has 0 N–H and O–H groups in total. The van der Waals surface area contributed by atoms with Gasteiger partial charge in [-0.2, -0.15) is 0 Å². The van der Waals surface area contributed by atoms with Crippen molar-refractivity contribution >= 4 is 29.2 Å². The van der Waals surface area contributed by atoms with Crippen molar-refractivity contribution in [2.75, 3.05) is 4.90 Å². The molecule has 2 bridgehead atoms. The van der Waals surface area contributed by atoms with E-state index >= 15 is 0 Å². The van der Waals surface area contributed by atoms with E-state index in [0.29, 0.717) is 5.69 Å². The van der Waals surface area contributed by atoms with E-state index < -0.39 is 5.82 Å². The molecule has 20 heavy (non-hydrogen) atoms. The number of benzene rings is 1. The zero-order valence-corrected chi connectivity index (χ0v) is 11.3. The first-order valence-corrected chi connectivity index (χ1v) is 7.07. The molecule has 0 unspecified atom stereocenters. The van der Waals surface area contributed by atoms with Crippen LogP contribution in [0.5, 0.6) is 0 Å². The second-order valence-electron chi connectivity index (χ2n) is 5.63.